The zero-order chi connectivity index (χ0) is 16.6. The molecule has 1 aromatic carbocycles. The van der Waals surface area contributed by atoms with Gasteiger partial charge in [0.05, 0.1) is 5.52 Å². The van der Waals surface area contributed by atoms with Crippen molar-refractivity contribution in [1.29, 1.82) is 0 Å². The number of piperidine rings is 1. The lowest BCUT2D eigenvalue weighted by Gasteiger charge is -2.48. The van der Waals surface area contributed by atoms with E-state index in [-0.39, 0.29) is 17.5 Å². The van der Waals surface area contributed by atoms with Crippen LogP contribution in [0.4, 0.5) is 0 Å². The number of hydrogen-bond acceptors (Lipinski definition) is 4. The van der Waals surface area contributed by atoms with Crippen LogP contribution < -0.4 is 5.73 Å². The molecule has 2 N–H and O–H groups in total. The van der Waals surface area contributed by atoms with Crippen molar-refractivity contribution in [2.24, 2.45) is 11.7 Å². The van der Waals surface area contributed by atoms with Gasteiger partial charge in [0, 0.05) is 19.0 Å². The van der Waals surface area contributed by atoms with Crippen LogP contribution in [-0.4, -0.2) is 38.9 Å². The van der Waals surface area contributed by atoms with Crippen molar-refractivity contribution >= 4 is 16.9 Å². The smallest absolute Gasteiger partial charge is 0.220 e. The fourth-order valence-corrected chi connectivity index (χ4v) is 4.54. The number of carbonyl (C=O) groups is 1. The third kappa shape index (κ3) is 2.49. The maximum atomic E-state index is 11.5. The van der Waals surface area contributed by atoms with Crippen LogP contribution in [-0.2, 0) is 10.5 Å². The molecule has 2 heterocycles. The van der Waals surface area contributed by atoms with Gasteiger partial charge in [-0.3, -0.25) is 9.69 Å². The number of nitrogens with two attached hydrogens (primary N) is 1. The topological polar surface area (TPSA) is 77.0 Å². The van der Waals surface area contributed by atoms with Gasteiger partial charge in [0.25, 0.3) is 0 Å². The largest absolute Gasteiger partial charge is 0.369 e. The molecule has 1 saturated heterocycles. The quantitative estimate of drug-likeness (QED) is 0.938. The first-order valence-electron chi connectivity index (χ1n) is 9.06. The fraction of sp³-hybridized carbons (Fsp3) is 0.611. The molecule has 6 nitrogen and oxygen atoms in total. The number of carbonyl (C=O) groups excluding carboxylic acids is 1. The number of nitrogens with zero attached hydrogens (tertiary/aromatic N) is 4. The van der Waals surface area contributed by atoms with Crippen LogP contribution in [0.1, 0.15) is 44.9 Å². The average Bonchev–Trinajstić information content (AvgIpc) is 3.07. The Morgan fingerprint density at radius 1 is 1.12 bits per heavy atom. The molecule has 0 atom stereocenters. The molecule has 1 amide bonds. The summed E-state index contributed by atoms with van der Waals surface area (Å²) >= 11 is 0. The van der Waals surface area contributed by atoms with Gasteiger partial charge in [-0.05, 0) is 50.7 Å². The molecule has 4 rings (SSSR count). The molecule has 2 fully saturated rings. The van der Waals surface area contributed by atoms with Gasteiger partial charge in [-0.15, -0.1) is 5.10 Å². The Kier molecular flexibility index (Phi) is 4.00. The Labute approximate surface area is 142 Å². The Hall–Kier alpha value is -1.95. The Morgan fingerprint density at radius 2 is 1.83 bits per heavy atom. The second-order valence-corrected chi connectivity index (χ2v) is 7.20. The number of aromatic nitrogens is 3. The predicted octanol–water partition coefficient (Wildman–Crippen LogP) is 2.25. The van der Waals surface area contributed by atoms with E-state index in [0.29, 0.717) is 0 Å². The van der Waals surface area contributed by atoms with E-state index in [1.807, 2.05) is 12.1 Å². The van der Waals surface area contributed by atoms with Gasteiger partial charge in [-0.1, -0.05) is 23.8 Å². The van der Waals surface area contributed by atoms with Gasteiger partial charge in [-0.25, -0.2) is 4.68 Å². The summed E-state index contributed by atoms with van der Waals surface area (Å²) in [5.41, 5.74) is 7.47. The molecule has 0 radical (unpaired) electrons. The van der Waals surface area contributed by atoms with E-state index in [9.17, 15) is 4.79 Å². The van der Waals surface area contributed by atoms with E-state index >= 15 is 0 Å². The van der Waals surface area contributed by atoms with Crippen molar-refractivity contribution in [3.8, 4) is 0 Å². The van der Waals surface area contributed by atoms with E-state index in [1.54, 1.807) is 0 Å². The molecular formula is C18H25N5O. The summed E-state index contributed by atoms with van der Waals surface area (Å²) in [4.78, 5) is 14.0. The van der Waals surface area contributed by atoms with Gasteiger partial charge in [-0.2, -0.15) is 0 Å². The molecule has 24 heavy (non-hydrogen) atoms. The number of fused-ring (bicyclic) bond motifs is 1. The Balaban J connectivity index is 1.70. The molecule has 1 aliphatic carbocycles. The molecule has 2 aliphatic rings. The minimum atomic E-state index is -0.154. The number of primary amides is 1. The van der Waals surface area contributed by atoms with E-state index in [2.05, 4.69) is 32.0 Å². The molecule has 2 aromatic rings. The summed E-state index contributed by atoms with van der Waals surface area (Å²) in [7, 11) is 0. The summed E-state index contributed by atoms with van der Waals surface area (Å²) in [5, 5.41) is 8.94. The minimum Gasteiger partial charge on any atom is -0.369 e. The summed E-state index contributed by atoms with van der Waals surface area (Å²) in [5.74, 6) is -0.132. The zero-order valence-electron chi connectivity index (χ0n) is 14.0. The highest BCUT2D eigenvalue weighted by molar-refractivity contribution is 5.76. The lowest BCUT2D eigenvalue weighted by atomic mass is 9.84. The second kappa shape index (κ2) is 6.16. The third-order valence-corrected chi connectivity index (χ3v) is 5.89. The SMILES string of the molecule is NC(=O)C1CCN(C2(n3nnc4ccccc43)CCCCC2)CC1. The summed E-state index contributed by atoms with van der Waals surface area (Å²) in [6.07, 6.45) is 7.61. The fourth-order valence-electron chi connectivity index (χ4n) is 4.54. The number of amides is 1. The molecular weight excluding hydrogens is 302 g/mol. The van der Waals surface area contributed by atoms with Crippen molar-refractivity contribution in [1.82, 2.24) is 19.9 Å². The van der Waals surface area contributed by atoms with E-state index in [4.69, 9.17) is 5.73 Å². The van der Waals surface area contributed by atoms with Crippen LogP contribution in [0.15, 0.2) is 24.3 Å². The third-order valence-electron chi connectivity index (χ3n) is 5.89. The van der Waals surface area contributed by atoms with Crippen LogP contribution in [0.3, 0.4) is 0 Å². The summed E-state index contributed by atoms with van der Waals surface area (Å²) in [6.45, 7) is 1.81. The van der Waals surface area contributed by atoms with Crippen molar-refractivity contribution in [3.05, 3.63) is 24.3 Å². The summed E-state index contributed by atoms with van der Waals surface area (Å²) < 4.78 is 2.16. The molecule has 128 valence electrons. The molecule has 0 bridgehead atoms. The van der Waals surface area contributed by atoms with E-state index in [1.165, 1.54) is 19.3 Å². The van der Waals surface area contributed by atoms with E-state index in [0.717, 1.165) is 49.8 Å². The van der Waals surface area contributed by atoms with E-state index < -0.39 is 0 Å². The lowest BCUT2D eigenvalue weighted by molar-refractivity contribution is -0.125. The normalized spacial score (nSPS) is 22.7. The number of para-hydroxylation sites is 1. The Bertz CT molecular complexity index is 726. The highest BCUT2D eigenvalue weighted by atomic mass is 16.1. The maximum Gasteiger partial charge on any atom is 0.220 e. The Morgan fingerprint density at radius 3 is 2.54 bits per heavy atom. The number of likely N-dealkylation sites (tertiary alicyclic amines) is 1. The molecule has 0 unspecified atom stereocenters. The van der Waals surface area contributed by atoms with Gasteiger partial charge in [0.1, 0.15) is 11.2 Å². The van der Waals surface area contributed by atoms with Crippen LogP contribution in [0, 0.1) is 5.92 Å². The van der Waals surface area contributed by atoms with Crippen molar-refractivity contribution in [2.45, 2.75) is 50.6 Å². The first-order valence-corrected chi connectivity index (χ1v) is 9.06. The van der Waals surface area contributed by atoms with Crippen molar-refractivity contribution in [2.75, 3.05) is 13.1 Å². The van der Waals surface area contributed by atoms with Gasteiger partial charge < -0.3 is 5.73 Å². The number of rotatable bonds is 3. The minimum absolute atomic E-state index is 0.0226. The molecule has 0 spiro atoms. The monoisotopic (exact) mass is 327 g/mol. The van der Waals surface area contributed by atoms with Gasteiger partial charge >= 0.3 is 0 Å². The number of hydrogen-bond donors (Lipinski definition) is 1. The highest BCUT2D eigenvalue weighted by Gasteiger charge is 2.43. The average molecular weight is 327 g/mol. The van der Waals surface area contributed by atoms with Crippen LogP contribution in [0.5, 0.6) is 0 Å². The van der Waals surface area contributed by atoms with Crippen LogP contribution in [0.2, 0.25) is 0 Å². The van der Waals surface area contributed by atoms with Crippen molar-refractivity contribution < 1.29 is 4.79 Å². The number of benzene rings is 1. The summed E-state index contributed by atoms with van der Waals surface area (Å²) in [6, 6.07) is 8.20. The zero-order valence-corrected chi connectivity index (χ0v) is 14.0. The highest BCUT2D eigenvalue weighted by Crippen LogP contribution is 2.41. The molecule has 1 aromatic heterocycles. The lowest BCUT2D eigenvalue weighted by Crippen LogP contribution is -2.55. The second-order valence-electron chi connectivity index (χ2n) is 7.20. The van der Waals surface area contributed by atoms with Gasteiger partial charge in [0.2, 0.25) is 5.91 Å². The van der Waals surface area contributed by atoms with Gasteiger partial charge in [0.15, 0.2) is 0 Å². The van der Waals surface area contributed by atoms with Crippen LogP contribution in [0.25, 0.3) is 11.0 Å². The molecule has 1 aliphatic heterocycles. The maximum absolute atomic E-state index is 11.5. The standard InChI is InChI=1S/C18H25N5O/c19-17(24)14-8-12-22(13-9-14)18(10-4-1-5-11-18)23-16-7-3-2-6-15(16)20-21-23/h2-3,6-7,14H,1,4-5,8-13H2,(H2,19,24). The van der Waals surface area contributed by atoms with Crippen LogP contribution >= 0.6 is 0 Å². The van der Waals surface area contributed by atoms with Crippen molar-refractivity contribution in [3.63, 3.8) is 0 Å². The molecule has 1 saturated carbocycles. The molecule has 6 heteroatoms. The first kappa shape index (κ1) is 15.6. The first-order chi connectivity index (χ1) is 11.7. The predicted molar refractivity (Wildman–Crippen MR) is 92.1 cm³/mol.